The average Bonchev–Trinajstić information content (AvgIpc) is 2.51. The molecular formula is C14H32O9P2. The van der Waals surface area contributed by atoms with Crippen molar-refractivity contribution in [3.63, 3.8) is 0 Å². The van der Waals surface area contributed by atoms with E-state index >= 15 is 0 Å². The molecule has 0 bridgehead atoms. The summed E-state index contributed by atoms with van der Waals surface area (Å²) in [5.41, 5.74) is -1.68. The molecule has 9 nitrogen and oxygen atoms in total. The third-order valence-electron chi connectivity index (χ3n) is 4.49. The van der Waals surface area contributed by atoms with Gasteiger partial charge in [-0.3, -0.25) is 9.13 Å². The van der Waals surface area contributed by atoms with E-state index in [9.17, 15) is 9.13 Å². The summed E-state index contributed by atoms with van der Waals surface area (Å²) in [6, 6.07) is 0. The number of rotatable bonds is 14. The van der Waals surface area contributed by atoms with Crippen molar-refractivity contribution in [3.8, 4) is 0 Å². The molecule has 0 saturated carbocycles. The van der Waals surface area contributed by atoms with Crippen LogP contribution in [0, 0.1) is 0 Å². The van der Waals surface area contributed by atoms with Crippen LogP contribution in [0.15, 0.2) is 0 Å². The minimum atomic E-state index is -4.32. The van der Waals surface area contributed by atoms with Crippen LogP contribution in [-0.4, -0.2) is 56.7 Å². The summed E-state index contributed by atoms with van der Waals surface area (Å²) < 4.78 is 38.6. The molecule has 11 heteroatoms. The molecule has 0 heterocycles. The molecule has 4 N–H and O–H groups in total. The predicted octanol–water partition coefficient (Wildman–Crippen LogP) is 2.42. The van der Waals surface area contributed by atoms with E-state index < -0.39 is 39.1 Å². The predicted molar refractivity (Wildman–Crippen MR) is 93.4 cm³/mol. The van der Waals surface area contributed by atoms with Crippen molar-refractivity contribution in [2.75, 3.05) is 25.9 Å². The summed E-state index contributed by atoms with van der Waals surface area (Å²) >= 11 is 0. The van der Waals surface area contributed by atoms with E-state index in [1.54, 1.807) is 0 Å². The molecule has 0 saturated heterocycles. The lowest BCUT2D eigenvalue weighted by Gasteiger charge is -2.49. The zero-order valence-corrected chi connectivity index (χ0v) is 17.2. The van der Waals surface area contributed by atoms with E-state index in [1.165, 1.54) is 0 Å². The summed E-state index contributed by atoms with van der Waals surface area (Å²) in [6.45, 7) is 7.63. The molecule has 0 aromatic rings. The van der Waals surface area contributed by atoms with E-state index in [0.717, 1.165) is 0 Å². The minimum absolute atomic E-state index is 0.00510. The molecular weight excluding hydrogens is 374 g/mol. The maximum absolute atomic E-state index is 11.2. The molecule has 0 aromatic carbocycles. The molecule has 0 aliphatic heterocycles. The van der Waals surface area contributed by atoms with Crippen molar-refractivity contribution in [2.24, 2.45) is 0 Å². The number of hydrogen-bond acceptors (Lipinski definition) is 5. The van der Waals surface area contributed by atoms with Gasteiger partial charge in [0.25, 0.3) is 0 Å². The first kappa shape index (κ1) is 25.2. The first-order valence-corrected chi connectivity index (χ1v) is 11.9. The Labute approximate surface area is 149 Å². The molecule has 0 fully saturated rings. The van der Waals surface area contributed by atoms with E-state index in [2.05, 4.69) is 0 Å². The second-order valence-corrected chi connectivity index (χ2v) is 9.07. The van der Waals surface area contributed by atoms with Crippen LogP contribution in [0.3, 0.4) is 0 Å². The van der Waals surface area contributed by atoms with E-state index in [4.69, 9.17) is 33.8 Å². The summed E-state index contributed by atoms with van der Waals surface area (Å²) in [5, 5.41) is 0. The molecule has 0 aliphatic rings. The Morgan fingerprint density at radius 3 is 1.44 bits per heavy atom. The maximum Gasteiger partial charge on any atom is 0.351 e. The van der Waals surface area contributed by atoms with Crippen LogP contribution >= 0.6 is 15.2 Å². The lowest BCUT2D eigenvalue weighted by atomic mass is 9.74. The van der Waals surface area contributed by atoms with E-state index in [-0.39, 0.29) is 13.2 Å². The fourth-order valence-corrected chi connectivity index (χ4v) is 3.93. The van der Waals surface area contributed by atoms with Gasteiger partial charge in [0.2, 0.25) is 0 Å². The molecule has 0 rings (SSSR count). The third-order valence-corrected chi connectivity index (χ3v) is 5.47. The van der Waals surface area contributed by atoms with E-state index in [1.807, 2.05) is 27.7 Å². The molecule has 0 amide bonds. The smallest absolute Gasteiger partial charge is 0.351 e. The topological polar surface area (TPSA) is 143 Å². The molecule has 25 heavy (non-hydrogen) atoms. The Kier molecular flexibility index (Phi) is 10.6. The zero-order valence-electron chi connectivity index (χ0n) is 15.4. The highest BCUT2D eigenvalue weighted by molar-refractivity contribution is 7.51. The lowest BCUT2D eigenvalue weighted by molar-refractivity contribution is -0.214. The van der Waals surface area contributed by atoms with Crippen LogP contribution in [-0.2, 0) is 23.3 Å². The maximum atomic E-state index is 11.2. The van der Waals surface area contributed by atoms with Crippen LogP contribution in [0.4, 0.5) is 0 Å². The van der Waals surface area contributed by atoms with Crippen LogP contribution in [0.1, 0.15) is 53.4 Å². The Morgan fingerprint density at radius 2 is 1.08 bits per heavy atom. The summed E-state index contributed by atoms with van der Waals surface area (Å²) in [4.78, 5) is 35.9. The van der Waals surface area contributed by atoms with Gasteiger partial charge in [-0.15, -0.1) is 0 Å². The van der Waals surface area contributed by atoms with Crippen molar-refractivity contribution >= 4 is 15.2 Å². The quantitative estimate of drug-likeness (QED) is 0.253. The van der Waals surface area contributed by atoms with Crippen LogP contribution in [0.2, 0.25) is 0 Å². The highest BCUT2D eigenvalue weighted by Crippen LogP contribution is 2.45. The average molecular weight is 406 g/mol. The Bertz CT molecular complexity index is 463. The molecule has 0 atom stereocenters. The second-order valence-electron chi connectivity index (χ2n) is 5.89. The summed E-state index contributed by atoms with van der Waals surface area (Å²) in [6.07, 6.45) is 0.718. The monoisotopic (exact) mass is 406 g/mol. The first-order chi connectivity index (χ1) is 11.4. The SMILES string of the molecule is CCC(CC)(OCCOCP(=O)(O)O)C(CC)(CC)OCP(=O)(O)O. The minimum Gasteiger partial charge on any atom is -0.370 e. The van der Waals surface area contributed by atoms with Gasteiger partial charge < -0.3 is 33.8 Å². The largest absolute Gasteiger partial charge is 0.370 e. The van der Waals surface area contributed by atoms with Crippen molar-refractivity contribution in [2.45, 2.75) is 64.6 Å². The van der Waals surface area contributed by atoms with Gasteiger partial charge in [0.1, 0.15) is 12.7 Å². The third kappa shape index (κ3) is 8.16. The van der Waals surface area contributed by atoms with Gasteiger partial charge in [-0.2, -0.15) is 0 Å². The Hall–Kier alpha value is 0.180. The Morgan fingerprint density at radius 1 is 0.680 bits per heavy atom. The van der Waals surface area contributed by atoms with Gasteiger partial charge in [-0.1, -0.05) is 27.7 Å². The van der Waals surface area contributed by atoms with Gasteiger partial charge in [-0.05, 0) is 25.7 Å². The van der Waals surface area contributed by atoms with Crippen LogP contribution in [0.25, 0.3) is 0 Å². The molecule has 152 valence electrons. The molecule has 0 radical (unpaired) electrons. The second kappa shape index (κ2) is 10.5. The zero-order chi connectivity index (χ0) is 19.8. The molecule has 0 spiro atoms. The fourth-order valence-electron chi connectivity index (χ4n) is 3.15. The Balaban J connectivity index is 5.12. The highest BCUT2D eigenvalue weighted by atomic mass is 31.2. The van der Waals surface area contributed by atoms with Gasteiger partial charge in [0, 0.05) is 0 Å². The van der Waals surface area contributed by atoms with Gasteiger partial charge >= 0.3 is 15.2 Å². The van der Waals surface area contributed by atoms with Gasteiger partial charge in [-0.25, -0.2) is 0 Å². The van der Waals surface area contributed by atoms with Crippen LogP contribution < -0.4 is 0 Å². The van der Waals surface area contributed by atoms with Crippen molar-refractivity contribution in [3.05, 3.63) is 0 Å². The highest BCUT2D eigenvalue weighted by Gasteiger charge is 2.49. The van der Waals surface area contributed by atoms with Crippen molar-refractivity contribution in [1.29, 1.82) is 0 Å². The fraction of sp³-hybridized carbons (Fsp3) is 1.00. The van der Waals surface area contributed by atoms with Gasteiger partial charge in [0.15, 0.2) is 0 Å². The van der Waals surface area contributed by atoms with Crippen molar-refractivity contribution < 1.29 is 42.9 Å². The van der Waals surface area contributed by atoms with Gasteiger partial charge in [0.05, 0.1) is 24.4 Å². The molecule has 0 aliphatic carbocycles. The van der Waals surface area contributed by atoms with E-state index in [0.29, 0.717) is 25.7 Å². The molecule has 0 aromatic heterocycles. The first-order valence-electron chi connectivity index (χ1n) is 8.35. The number of ether oxygens (including phenoxy) is 3. The van der Waals surface area contributed by atoms with Crippen LogP contribution in [0.5, 0.6) is 0 Å². The standard InChI is InChI=1S/C14H32O9P2/c1-5-13(6-2,22-10-9-21-11-24(15,16)17)14(7-3,8-4)23-12-25(18,19)20/h5-12H2,1-4H3,(H2,15,16,17)(H2,18,19,20). The normalized spacial score (nSPS) is 14.1. The number of hydrogen-bond donors (Lipinski definition) is 4. The summed E-state index contributed by atoms with van der Waals surface area (Å²) in [7, 11) is -8.55. The lowest BCUT2D eigenvalue weighted by Crippen LogP contribution is -2.57. The summed E-state index contributed by atoms with van der Waals surface area (Å²) in [5.74, 6) is 0. The molecule has 0 unspecified atom stereocenters. The van der Waals surface area contributed by atoms with Crippen molar-refractivity contribution in [1.82, 2.24) is 0 Å².